The summed E-state index contributed by atoms with van der Waals surface area (Å²) in [6.45, 7) is 13.6. The lowest BCUT2D eigenvalue weighted by Gasteiger charge is -2.28. The van der Waals surface area contributed by atoms with Crippen LogP contribution in [0.3, 0.4) is 0 Å². The van der Waals surface area contributed by atoms with Crippen molar-refractivity contribution in [3.8, 4) is 0 Å². The Labute approximate surface area is 125 Å². The summed E-state index contributed by atoms with van der Waals surface area (Å²) in [5.74, 6) is 0.748. The Morgan fingerprint density at radius 2 is 1.80 bits per heavy atom. The molecule has 0 aliphatic rings. The Bertz CT molecular complexity index is 335. The zero-order valence-corrected chi connectivity index (χ0v) is 13.7. The Balaban J connectivity index is 2.26. The molecule has 0 saturated carbocycles. The first-order chi connectivity index (χ1) is 9.63. The number of benzene rings is 1. The minimum absolute atomic E-state index is 0.654. The summed E-state index contributed by atoms with van der Waals surface area (Å²) in [6.07, 6.45) is 2.53. The normalized spacial score (nSPS) is 13.1. The van der Waals surface area contributed by atoms with Gasteiger partial charge in [0.05, 0.1) is 0 Å². The third kappa shape index (κ3) is 7.06. The lowest BCUT2D eigenvalue weighted by atomic mass is 10.1. The molecule has 0 heterocycles. The Kier molecular flexibility index (Phi) is 8.56. The summed E-state index contributed by atoms with van der Waals surface area (Å²) in [5.41, 5.74) is 1.42. The number of hydrogen-bond donors (Lipinski definition) is 1. The van der Waals surface area contributed by atoms with E-state index in [1.165, 1.54) is 18.4 Å². The van der Waals surface area contributed by atoms with Crippen molar-refractivity contribution in [1.29, 1.82) is 0 Å². The predicted molar refractivity (Wildman–Crippen MR) is 88.9 cm³/mol. The number of nitrogens with one attached hydrogen (secondary N) is 1. The second-order valence-corrected chi connectivity index (χ2v) is 6.14. The van der Waals surface area contributed by atoms with E-state index in [1.807, 2.05) is 0 Å². The van der Waals surface area contributed by atoms with Gasteiger partial charge in [-0.15, -0.1) is 0 Å². The minimum atomic E-state index is 0.654. The van der Waals surface area contributed by atoms with Crippen LogP contribution in [-0.2, 0) is 6.54 Å². The molecule has 20 heavy (non-hydrogen) atoms. The van der Waals surface area contributed by atoms with Crippen LogP contribution in [0.5, 0.6) is 0 Å². The minimum Gasteiger partial charge on any atom is -0.316 e. The SMILES string of the molecule is CCN(Cc1ccccc1)C(C)CCCNCC(C)C. The molecule has 0 aliphatic carbocycles. The zero-order chi connectivity index (χ0) is 14.8. The molecule has 0 radical (unpaired) electrons. The molecule has 1 unspecified atom stereocenters. The fourth-order valence-corrected chi connectivity index (χ4v) is 2.49. The van der Waals surface area contributed by atoms with E-state index in [0.29, 0.717) is 6.04 Å². The molecule has 0 bridgehead atoms. The standard InChI is InChI=1S/C18H32N2/c1-5-20(15-18-11-7-6-8-12-18)17(4)10-9-13-19-14-16(2)3/h6-8,11-12,16-17,19H,5,9-10,13-15H2,1-4H3. The molecular formula is C18H32N2. The van der Waals surface area contributed by atoms with Crippen LogP contribution in [0.25, 0.3) is 0 Å². The molecule has 114 valence electrons. The van der Waals surface area contributed by atoms with Crippen molar-refractivity contribution in [2.24, 2.45) is 5.92 Å². The Hall–Kier alpha value is -0.860. The lowest BCUT2D eigenvalue weighted by molar-refractivity contribution is 0.198. The molecule has 2 heteroatoms. The van der Waals surface area contributed by atoms with Gasteiger partial charge in [0.15, 0.2) is 0 Å². The summed E-state index contributed by atoms with van der Waals surface area (Å²) in [7, 11) is 0. The number of nitrogens with zero attached hydrogens (tertiary/aromatic N) is 1. The summed E-state index contributed by atoms with van der Waals surface area (Å²) >= 11 is 0. The van der Waals surface area contributed by atoms with Gasteiger partial charge in [0.25, 0.3) is 0 Å². The van der Waals surface area contributed by atoms with Crippen LogP contribution >= 0.6 is 0 Å². The van der Waals surface area contributed by atoms with Gasteiger partial charge in [-0.05, 0) is 50.9 Å². The summed E-state index contributed by atoms with van der Waals surface area (Å²) in [4.78, 5) is 2.57. The van der Waals surface area contributed by atoms with Gasteiger partial charge in [0, 0.05) is 12.6 Å². The van der Waals surface area contributed by atoms with E-state index in [0.717, 1.165) is 32.1 Å². The van der Waals surface area contributed by atoms with Crippen molar-refractivity contribution in [2.45, 2.75) is 53.1 Å². The molecule has 0 amide bonds. The van der Waals surface area contributed by atoms with Crippen molar-refractivity contribution >= 4 is 0 Å². The molecule has 0 saturated heterocycles. The number of rotatable bonds is 10. The third-order valence-corrected chi connectivity index (χ3v) is 3.79. The second kappa shape index (κ2) is 9.95. The van der Waals surface area contributed by atoms with Gasteiger partial charge in [0.2, 0.25) is 0 Å². The molecule has 0 aliphatic heterocycles. The molecule has 1 aromatic rings. The maximum Gasteiger partial charge on any atom is 0.0236 e. The number of hydrogen-bond acceptors (Lipinski definition) is 2. The van der Waals surface area contributed by atoms with E-state index >= 15 is 0 Å². The highest BCUT2D eigenvalue weighted by Crippen LogP contribution is 2.11. The molecule has 1 atom stereocenters. The summed E-state index contributed by atoms with van der Waals surface area (Å²) in [6, 6.07) is 11.4. The summed E-state index contributed by atoms with van der Waals surface area (Å²) < 4.78 is 0. The maximum atomic E-state index is 3.53. The van der Waals surface area contributed by atoms with Crippen LogP contribution < -0.4 is 5.32 Å². The third-order valence-electron chi connectivity index (χ3n) is 3.79. The van der Waals surface area contributed by atoms with Crippen LogP contribution in [0.15, 0.2) is 30.3 Å². The maximum absolute atomic E-state index is 3.53. The average Bonchev–Trinajstić information content (AvgIpc) is 2.45. The largest absolute Gasteiger partial charge is 0.316 e. The molecule has 1 N–H and O–H groups in total. The molecule has 1 rings (SSSR count). The molecule has 2 nitrogen and oxygen atoms in total. The monoisotopic (exact) mass is 276 g/mol. The second-order valence-electron chi connectivity index (χ2n) is 6.14. The zero-order valence-electron chi connectivity index (χ0n) is 13.7. The molecule has 0 aromatic heterocycles. The first kappa shape index (κ1) is 17.2. The van der Waals surface area contributed by atoms with Crippen LogP contribution in [0, 0.1) is 5.92 Å². The highest BCUT2D eigenvalue weighted by Gasteiger charge is 2.11. The van der Waals surface area contributed by atoms with Crippen molar-refractivity contribution in [2.75, 3.05) is 19.6 Å². The van der Waals surface area contributed by atoms with Crippen LogP contribution in [-0.4, -0.2) is 30.6 Å². The molecule has 0 spiro atoms. The smallest absolute Gasteiger partial charge is 0.0236 e. The van der Waals surface area contributed by atoms with Crippen molar-refractivity contribution in [3.05, 3.63) is 35.9 Å². The van der Waals surface area contributed by atoms with Crippen LogP contribution in [0.4, 0.5) is 0 Å². The Morgan fingerprint density at radius 1 is 1.10 bits per heavy atom. The average molecular weight is 276 g/mol. The van der Waals surface area contributed by atoms with E-state index in [2.05, 4.69) is 68.2 Å². The molecule has 1 aromatic carbocycles. The van der Waals surface area contributed by atoms with E-state index in [4.69, 9.17) is 0 Å². The van der Waals surface area contributed by atoms with Crippen molar-refractivity contribution < 1.29 is 0 Å². The fourth-order valence-electron chi connectivity index (χ4n) is 2.49. The predicted octanol–water partition coefficient (Wildman–Crippen LogP) is 3.92. The van der Waals surface area contributed by atoms with E-state index in [-0.39, 0.29) is 0 Å². The highest BCUT2D eigenvalue weighted by atomic mass is 15.1. The van der Waals surface area contributed by atoms with Crippen molar-refractivity contribution in [1.82, 2.24) is 10.2 Å². The fraction of sp³-hybridized carbons (Fsp3) is 0.667. The van der Waals surface area contributed by atoms with Crippen LogP contribution in [0.1, 0.15) is 46.1 Å². The summed E-state index contributed by atoms with van der Waals surface area (Å²) in [5, 5.41) is 3.53. The topological polar surface area (TPSA) is 15.3 Å². The quantitative estimate of drug-likeness (QED) is 0.652. The molecule has 0 fully saturated rings. The lowest BCUT2D eigenvalue weighted by Crippen LogP contribution is -2.33. The van der Waals surface area contributed by atoms with Gasteiger partial charge in [-0.3, -0.25) is 4.90 Å². The van der Waals surface area contributed by atoms with Gasteiger partial charge in [-0.1, -0.05) is 51.1 Å². The highest BCUT2D eigenvalue weighted by molar-refractivity contribution is 5.14. The van der Waals surface area contributed by atoms with Crippen LogP contribution in [0.2, 0.25) is 0 Å². The van der Waals surface area contributed by atoms with Gasteiger partial charge >= 0.3 is 0 Å². The van der Waals surface area contributed by atoms with Gasteiger partial charge < -0.3 is 5.32 Å². The van der Waals surface area contributed by atoms with Gasteiger partial charge in [-0.25, -0.2) is 0 Å². The van der Waals surface area contributed by atoms with Crippen molar-refractivity contribution in [3.63, 3.8) is 0 Å². The van der Waals surface area contributed by atoms with E-state index in [1.54, 1.807) is 0 Å². The first-order valence-corrected chi connectivity index (χ1v) is 8.12. The van der Waals surface area contributed by atoms with E-state index in [9.17, 15) is 0 Å². The first-order valence-electron chi connectivity index (χ1n) is 8.12. The molecular weight excluding hydrogens is 244 g/mol. The Morgan fingerprint density at radius 3 is 2.40 bits per heavy atom. The van der Waals surface area contributed by atoms with E-state index < -0.39 is 0 Å². The van der Waals surface area contributed by atoms with Gasteiger partial charge in [-0.2, -0.15) is 0 Å². The van der Waals surface area contributed by atoms with Gasteiger partial charge in [0.1, 0.15) is 0 Å².